The molecule has 0 fully saturated rings. The number of allylic oxidation sites excluding steroid dienone is 2. The molecule has 2 N–H and O–H groups in total. The van der Waals surface area contributed by atoms with Gasteiger partial charge in [-0.15, -0.1) is 13.2 Å². The summed E-state index contributed by atoms with van der Waals surface area (Å²) in [5.74, 6) is -0.670. The molecule has 0 aliphatic carbocycles. The van der Waals surface area contributed by atoms with Crippen LogP contribution in [-0.2, 0) is 9.53 Å². The Morgan fingerprint density at radius 2 is 1.62 bits per heavy atom. The summed E-state index contributed by atoms with van der Waals surface area (Å²) in [7, 11) is 0. The highest BCUT2D eigenvalue weighted by Gasteiger charge is 2.04. The van der Waals surface area contributed by atoms with E-state index in [-0.39, 0.29) is 18.8 Å². The van der Waals surface area contributed by atoms with Gasteiger partial charge in [0, 0.05) is 0 Å². The molecule has 0 aliphatic rings. The number of rotatable bonds is 4. The average molecular weight is 230 g/mol. The summed E-state index contributed by atoms with van der Waals surface area (Å²) in [6.45, 7) is 13.0. The molecule has 0 saturated carbocycles. The van der Waals surface area contributed by atoms with Crippen molar-refractivity contribution < 1.29 is 19.7 Å². The van der Waals surface area contributed by atoms with E-state index < -0.39 is 12.6 Å². The van der Waals surface area contributed by atoms with Gasteiger partial charge in [0.2, 0.25) is 0 Å². The van der Waals surface area contributed by atoms with E-state index in [4.69, 9.17) is 10.2 Å². The molecule has 94 valence electrons. The van der Waals surface area contributed by atoms with E-state index in [9.17, 15) is 4.79 Å². The maximum atomic E-state index is 10.5. The molecule has 0 amide bonds. The molecule has 0 atom stereocenters. The van der Waals surface area contributed by atoms with E-state index in [1.165, 1.54) is 0 Å². The van der Waals surface area contributed by atoms with Gasteiger partial charge in [-0.3, -0.25) is 0 Å². The fourth-order valence-corrected chi connectivity index (χ4v) is 0.305. The second-order valence-corrected chi connectivity index (χ2v) is 2.44. The second kappa shape index (κ2) is 19.2. The Kier molecular flexibility index (Phi) is 24.1. The van der Waals surface area contributed by atoms with Gasteiger partial charge in [0.15, 0.2) is 0 Å². The summed E-state index contributed by atoms with van der Waals surface area (Å²) in [5, 5.41) is 16.5. The molecule has 0 unspecified atom stereocenters. The molecule has 0 aromatic heterocycles. The third kappa shape index (κ3) is 22.9. The number of ether oxygens (including phenoxy) is 1. The van der Waals surface area contributed by atoms with E-state index in [2.05, 4.69) is 24.5 Å². The van der Waals surface area contributed by atoms with Crippen molar-refractivity contribution in [2.24, 2.45) is 0 Å². The first-order valence-electron chi connectivity index (χ1n) is 4.76. The highest BCUT2D eigenvalue weighted by molar-refractivity contribution is 5.87. The van der Waals surface area contributed by atoms with Crippen LogP contribution in [-0.4, -0.2) is 36.0 Å². The Hall–Kier alpha value is -1.39. The summed E-state index contributed by atoms with van der Waals surface area (Å²) in [5.41, 5.74) is -0.00606. The lowest BCUT2D eigenvalue weighted by molar-refractivity contribution is -0.140. The Bertz CT molecular complexity index is 191. The van der Waals surface area contributed by atoms with Crippen LogP contribution in [0.1, 0.15) is 13.8 Å². The predicted molar refractivity (Wildman–Crippen MR) is 66.0 cm³/mol. The number of esters is 1. The molecule has 0 aromatic carbocycles. The van der Waals surface area contributed by atoms with Crippen molar-refractivity contribution in [2.75, 3.05) is 19.8 Å². The quantitative estimate of drug-likeness (QED) is 0.436. The summed E-state index contributed by atoms with van der Waals surface area (Å²) < 4.78 is 4.40. The third-order valence-electron chi connectivity index (χ3n) is 0.804. The number of carbonyl (C=O) groups is 1. The Labute approximate surface area is 97.6 Å². The van der Waals surface area contributed by atoms with Crippen LogP contribution in [0.15, 0.2) is 37.5 Å². The second-order valence-electron chi connectivity index (χ2n) is 2.44. The number of aliphatic hydroxyl groups is 2. The third-order valence-corrected chi connectivity index (χ3v) is 0.804. The van der Waals surface area contributed by atoms with E-state index in [0.717, 1.165) is 0 Å². The van der Waals surface area contributed by atoms with E-state index in [1.54, 1.807) is 12.2 Å². The predicted octanol–water partition coefficient (Wildman–Crippen LogP) is 1.45. The largest absolute Gasteiger partial charge is 0.460 e. The zero-order chi connectivity index (χ0) is 13.4. The minimum atomic E-state index is -0.670. The number of hydrogen-bond acceptors (Lipinski definition) is 4. The Balaban J connectivity index is -0.000000235. The Morgan fingerprint density at radius 3 is 1.88 bits per heavy atom. The van der Waals surface area contributed by atoms with E-state index in [0.29, 0.717) is 0 Å². The molecule has 0 heterocycles. The fraction of sp³-hybridized carbons (Fsp3) is 0.417. The van der Waals surface area contributed by atoms with E-state index >= 15 is 0 Å². The zero-order valence-corrected chi connectivity index (χ0v) is 10.1. The number of carbonyl (C=O) groups excluding carboxylic acids is 1. The molecule has 0 radical (unpaired) electrons. The summed E-state index contributed by atoms with van der Waals surface area (Å²) in [6.07, 6.45) is 3.50. The van der Waals surface area contributed by atoms with Gasteiger partial charge in [-0.2, -0.15) is 0 Å². The van der Waals surface area contributed by atoms with Crippen molar-refractivity contribution in [3.8, 4) is 0 Å². The lowest BCUT2D eigenvalue weighted by Crippen LogP contribution is -2.12. The van der Waals surface area contributed by atoms with Gasteiger partial charge in [0.25, 0.3) is 0 Å². The van der Waals surface area contributed by atoms with Crippen molar-refractivity contribution in [1.29, 1.82) is 0 Å². The van der Waals surface area contributed by atoms with Crippen molar-refractivity contribution >= 4 is 5.97 Å². The molecular formula is C12H22O4. The molecule has 0 spiro atoms. The lowest BCUT2D eigenvalue weighted by atomic mass is 10.3. The SMILES string of the molecule is C=C(CO)C(=O)OCCO.C=CC.C=CC. The molecule has 0 aliphatic heterocycles. The minimum Gasteiger partial charge on any atom is -0.460 e. The van der Waals surface area contributed by atoms with Gasteiger partial charge < -0.3 is 14.9 Å². The van der Waals surface area contributed by atoms with Crippen LogP contribution in [0.4, 0.5) is 0 Å². The molecule has 4 heteroatoms. The van der Waals surface area contributed by atoms with Crippen molar-refractivity contribution in [3.05, 3.63) is 37.5 Å². The molecule has 0 bridgehead atoms. The molecule has 0 rings (SSSR count). The van der Waals surface area contributed by atoms with Gasteiger partial charge >= 0.3 is 5.97 Å². The zero-order valence-electron chi connectivity index (χ0n) is 10.1. The minimum absolute atomic E-state index is 0.00606. The fourth-order valence-electron chi connectivity index (χ4n) is 0.305. The van der Waals surface area contributed by atoms with Crippen LogP contribution in [0.25, 0.3) is 0 Å². The average Bonchev–Trinajstić information content (AvgIpc) is 2.27. The lowest BCUT2D eigenvalue weighted by Gasteiger charge is -2.01. The van der Waals surface area contributed by atoms with Crippen LogP contribution in [0.3, 0.4) is 0 Å². The van der Waals surface area contributed by atoms with Gasteiger partial charge in [-0.1, -0.05) is 18.7 Å². The Morgan fingerprint density at radius 1 is 1.25 bits per heavy atom. The van der Waals surface area contributed by atoms with Crippen molar-refractivity contribution in [2.45, 2.75) is 13.8 Å². The first-order valence-corrected chi connectivity index (χ1v) is 4.76. The van der Waals surface area contributed by atoms with Gasteiger partial charge in [0.05, 0.1) is 18.8 Å². The van der Waals surface area contributed by atoms with Crippen LogP contribution in [0, 0.1) is 0 Å². The van der Waals surface area contributed by atoms with Crippen molar-refractivity contribution in [1.82, 2.24) is 0 Å². The normalized spacial score (nSPS) is 7.25. The monoisotopic (exact) mass is 230 g/mol. The van der Waals surface area contributed by atoms with Crippen molar-refractivity contribution in [3.63, 3.8) is 0 Å². The highest BCUT2D eigenvalue weighted by Crippen LogP contribution is 1.91. The van der Waals surface area contributed by atoms with Crippen LogP contribution in [0.5, 0.6) is 0 Å². The van der Waals surface area contributed by atoms with E-state index in [1.807, 2.05) is 13.8 Å². The number of hydrogen-bond donors (Lipinski definition) is 2. The summed E-state index contributed by atoms with van der Waals surface area (Å²) in [6, 6.07) is 0. The molecule has 4 nitrogen and oxygen atoms in total. The molecular weight excluding hydrogens is 208 g/mol. The van der Waals surface area contributed by atoms with Crippen LogP contribution in [0.2, 0.25) is 0 Å². The maximum absolute atomic E-state index is 10.5. The standard InChI is InChI=1S/C6H10O4.2C3H6/c1-5(4-8)6(9)10-3-2-7;2*1-3-2/h7-8H,1-4H2;2*3H,1H2,2H3. The summed E-state index contributed by atoms with van der Waals surface area (Å²) in [4.78, 5) is 10.5. The van der Waals surface area contributed by atoms with Gasteiger partial charge in [-0.05, 0) is 13.8 Å². The first-order chi connectivity index (χ1) is 7.55. The smallest absolute Gasteiger partial charge is 0.335 e. The number of aliphatic hydroxyl groups excluding tert-OH is 2. The molecule has 0 aromatic rings. The first kappa shape index (κ1) is 20.1. The topological polar surface area (TPSA) is 66.8 Å². The van der Waals surface area contributed by atoms with Gasteiger partial charge in [0.1, 0.15) is 6.61 Å². The molecule has 0 saturated heterocycles. The summed E-state index contributed by atoms with van der Waals surface area (Å²) >= 11 is 0. The van der Waals surface area contributed by atoms with Crippen LogP contribution >= 0.6 is 0 Å². The van der Waals surface area contributed by atoms with Crippen LogP contribution < -0.4 is 0 Å². The maximum Gasteiger partial charge on any atom is 0.335 e. The highest BCUT2D eigenvalue weighted by atomic mass is 16.5. The van der Waals surface area contributed by atoms with Gasteiger partial charge in [-0.25, -0.2) is 4.79 Å². The molecule has 16 heavy (non-hydrogen) atoms.